The number of nitrogens with one attached hydrogen (secondary N) is 1. The first-order chi connectivity index (χ1) is 10.5. The molecule has 3 rings (SSSR count). The van der Waals surface area contributed by atoms with Crippen LogP contribution in [0.3, 0.4) is 0 Å². The van der Waals surface area contributed by atoms with Gasteiger partial charge in [0.05, 0.1) is 0 Å². The lowest BCUT2D eigenvalue weighted by Gasteiger charge is -2.08. The van der Waals surface area contributed by atoms with E-state index in [-0.39, 0.29) is 5.75 Å². The van der Waals surface area contributed by atoms with Crippen LogP contribution in [0.4, 0.5) is 13.2 Å². The topological polar surface area (TPSA) is 37.9 Å². The van der Waals surface area contributed by atoms with Crippen molar-refractivity contribution in [2.75, 3.05) is 0 Å². The van der Waals surface area contributed by atoms with E-state index in [1.165, 1.54) is 12.1 Å². The molecule has 0 amide bonds. The summed E-state index contributed by atoms with van der Waals surface area (Å²) in [6.07, 6.45) is 0.601. The number of pyridine rings is 1. The van der Waals surface area contributed by atoms with Gasteiger partial charge in [0.25, 0.3) is 0 Å². The van der Waals surface area contributed by atoms with Gasteiger partial charge < -0.3 is 9.72 Å². The Kier molecular flexibility index (Phi) is 5.19. The highest BCUT2D eigenvalue weighted by atomic mass is 19.4. The number of ether oxygens (including phenoxy) is 1. The van der Waals surface area contributed by atoms with E-state index in [2.05, 4.69) is 14.7 Å². The molecule has 3 aromatic rings. The van der Waals surface area contributed by atoms with Crippen LogP contribution in [-0.4, -0.2) is 16.3 Å². The molecular formula is C16H13F3N2O. The molecular weight excluding hydrogens is 293 g/mol. The Morgan fingerprint density at radius 2 is 1.55 bits per heavy atom. The fourth-order valence-electron chi connectivity index (χ4n) is 1.66. The van der Waals surface area contributed by atoms with Crippen molar-refractivity contribution in [1.29, 1.82) is 0 Å². The van der Waals surface area contributed by atoms with E-state index in [4.69, 9.17) is 0 Å². The molecule has 22 heavy (non-hydrogen) atoms. The van der Waals surface area contributed by atoms with Crippen molar-refractivity contribution >= 4 is 0 Å². The van der Waals surface area contributed by atoms with Crippen LogP contribution in [0.2, 0.25) is 0 Å². The molecule has 0 bridgehead atoms. The van der Waals surface area contributed by atoms with Gasteiger partial charge in [-0.3, -0.25) is 4.98 Å². The van der Waals surface area contributed by atoms with Crippen molar-refractivity contribution < 1.29 is 17.9 Å². The van der Waals surface area contributed by atoms with Gasteiger partial charge in [-0.05, 0) is 54.1 Å². The van der Waals surface area contributed by atoms with Gasteiger partial charge in [-0.15, -0.1) is 13.2 Å². The number of aromatic amines is 1. The minimum absolute atomic E-state index is 0.220. The number of alkyl halides is 3. The summed E-state index contributed by atoms with van der Waals surface area (Å²) >= 11 is 0. The summed E-state index contributed by atoms with van der Waals surface area (Å²) in [6.45, 7) is 0. The Bertz CT molecular complexity index is 623. The van der Waals surface area contributed by atoms with E-state index in [0.717, 1.165) is 11.3 Å². The average molecular weight is 306 g/mol. The fourth-order valence-corrected chi connectivity index (χ4v) is 1.66. The minimum atomic E-state index is -4.64. The van der Waals surface area contributed by atoms with Crippen molar-refractivity contribution in [1.82, 2.24) is 9.97 Å². The Morgan fingerprint density at radius 1 is 0.864 bits per heavy atom. The zero-order chi connectivity index (χ0) is 15.8. The summed E-state index contributed by atoms with van der Waals surface area (Å²) < 4.78 is 39.4. The Hall–Kier alpha value is -2.76. The SMILES string of the molecule is FC(F)(F)Oc1ccc(-c2ccc[nH]2)cc1.c1ccncc1. The maximum Gasteiger partial charge on any atom is 0.573 e. The first kappa shape index (κ1) is 15.6. The summed E-state index contributed by atoms with van der Waals surface area (Å²) in [5, 5.41) is 0. The largest absolute Gasteiger partial charge is 0.573 e. The summed E-state index contributed by atoms with van der Waals surface area (Å²) in [5.74, 6) is -0.220. The molecule has 1 N–H and O–H groups in total. The molecule has 6 heteroatoms. The summed E-state index contributed by atoms with van der Waals surface area (Å²) in [7, 11) is 0. The average Bonchev–Trinajstić information content (AvgIpc) is 3.03. The number of aromatic nitrogens is 2. The number of halogens is 3. The second-order valence-corrected chi connectivity index (χ2v) is 4.18. The van der Waals surface area contributed by atoms with Crippen molar-refractivity contribution in [3.63, 3.8) is 0 Å². The summed E-state index contributed by atoms with van der Waals surface area (Å²) in [6, 6.07) is 15.1. The number of benzene rings is 1. The molecule has 0 aliphatic rings. The normalized spacial score (nSPS) is 10.5. The van der Waals surface area contributed by atoms with E-state index < -0.39 is 6.36 Å². The van der Waals surface area contributed by atoms with Crippen LogP contribution in [0.1, 0.15) is 0 Å². The van der Waals surface area contributed by atoms with Gasteiger partial charge in [0.1, 0.15) is 5.75 Å². The monoisotopic (exact) mass is 306 g/mol. The highest BCUT2D eigenvalue weighted by Gasteiger charge is 2.30. The maximum absolute atomic E-state index is 11.9. The third-order valence-corrected chi connectivity index (χ3v) is 2.56. The summed E-state index contributed by atoms with van der Waals surface area (Å²) in [4.78, 5) is 6.74. The van der Waals surface area contributed by atoms with Gasteiger partial charge in [0.15, 0.2) is 0 Å². The van der Waals surface area contributed by atoms with Crippen LogP contribution in [0.15, 0.2) is 73.2 Å². The smallest absolute Gasteiger partial charge is 0.406 e. The van der Waals surface area contributed by atoms with Crippen LogP contribution >= 0.6 is 0 Å². The molecule has 0 aliphatic carbocycles. The minimum Gasteiger partial charge on any atom is -0.406 e. The lowest BCUT2D eigenvalue weighted by atomic mass is 10.1. The van der Waals surface area contributed by atoms with Gasteiger partial charge in [0.2, 0.25) is 0 Å². The number of hydrogen-bond donors (Lipinski definition) is 1. The molecule has 0 aliphatic heterocycles. The van der Waals surface area contributed by atoms with Gasteiger partial charge in [-0.1, -0.05) is 6.07 Å². The van der Waals surface area contributed by atoms with Gasteiger partial charge >= 0.3 is 6.36 Å². The van der Waals surface area contributed by atoms with E-state index in [1.807, 2.05) is 30.3 Å². The molecule has 0 atom stereocenters. The lowest BCUT2D eigenvalue weighted by Crippen LogP contribution is -2.16. The van der Waals surface area contributed by atoms with Crippen LogP contribution in [-0.2, 0) is 0 Å². The Morgan fingerprint density at radius 3 is 1.95 bits per heavy atom. The zero-order valence-corrected chi connectivity index (χ0v) is 11.4. The summed E-state index contributed by atoms with van der Waals surface area (Å²) in [5.41, 5.74) is 1.65. The van der Waals surface area contributed by atoms with E-state index in [9.17, 15) is 13.2 Å². The molecule has 2 heterocycles. The van der Waals surface area contributed by atoms with E-state index in [0.29, 0.717) is 0 Å². The highest BCUT2D eigenvalue weighted by Crippen LogP contribution is 2.25. The van der Waals surface area contributed by atoms with E-state index in [1.54, 1.807) is 30.7 Å². The van der Waals surface area contributed by atoms with Gasteiger partial charge in [-0.2, -0.15) is 0 Å². The van der Waals surface area contributed by atoms with Crippen molar-refractivity contribution in [3.05, 3.63) is 73.2 Å². The zero-order valence-electron chi connectivity index (χ0n) is 11.4. The molecule has 0 fully saturated rings. The molecule has 2 aromatic heterocycles. The third-order valence-electron chi connectivity index (χ3n) is 2.56. The van der Waals surface area contributed by atoms with Crippen molar-refractivity contribution in [2.45, 2.75) is 6.36 Å². The standard InChI is InChI=1S/C11H8F3NO.C5H5N/c12-11(13,14)16-9-5-3-8(4-6-9)10-2-1-7-15-10;1-2-4-6-5-3-1/h1-7,15H;1-5H. The molecule has 3 nitrogen and oxygen atoms in total. The second-order valence-electron chi connectivity index (χ2n) is 4.18. The van der Waals surface area contributed by atoms with Gasteiger partial charge in [0, 0.05) is 24.3 Å². The van der Waals surface area contributed by atoms with Crippen molar-refractivity contribution in [2.24, 2.45) is 0 Å². The molecule has 0 radical (unpaired) electrons. The number of nitrogens with zero attached hydrogens (tertiary/aromatic N) is 1. The first-order valence-corrected chi connectivity index (χ1v) is 6.39. The van der Waals surface area contributed by atoms with Crippen LogP contribution < -0.4 is 4.74 Å². The van der Waals surface area contributed by atoms with Crippen LogP contribution in [0, 0.1) is 0 Å². The predicted molar refractivity (Wildman–Crippen MR) is 77.1 cm³/mol. The predicted octanol–water partition coefficient (Wildman–Crippen LogP) is 4.66. The van der Waals surface area contributed by atoms with Crippen LogP contribution in [0.25, 0.3) is 11.3 Å². The molecule has 0 saturated heterocycles. The lowest BCUT2D eigenvalue weighted by molar-refractivity contribution is -0.274. The van der Waals surface area contributed by atoms with E-state index >= 15 is 0 Å². The highest BCUT2D eigenvalue weighted by molar-refractivity contribution is 5.60. The Balaban J connectivity index is 0.000000246. The molecule has 1 aromatic carbocycles. The van der Waals surface area contributed by atoms with Gasteiger partial charge in [-0.25, -0.2) is 0 Å². The fraction of sp³-hybridized carbons (Fsp3) is 0.0625. The molecule has 0 saturated carbocycles. The Labute approximate surface area is 125 Å². The molecule has 0 spiro atoms. The quantitative estimate of drug-likeness (QED) is 0.747. The first-order valence-electron chi connectivity index (χ1n) is 6.39. The molecule has 0 unspecified atom stereocenters. The second kappa shape index (κ2) is 7.31. The number of H-pyrrole nitrogens is 1. The molecule has 114 valence electrons. The third kappa shape index (κ3) is 5.32. The number of rotatable bonds is 2. The van der Waals surface area contributed by atoms with Crippen LogP contribution in [0.5, 0.6) is 5.75 Å². The maximum atomic E-state index is 11.9. The van der Waals surface area contributed by atoms with Crippen molar-refractivity contribution in [3.8, 4) is 17.0 Å². The number of hydrogen-bond acceptors (Lipinski definition) is 2.